The Labute approximate surface area is 121 Å². The first-order chi connectivity index (χ1) is 9.78. The smallest absolute Gasteiger partial charge is 0.119 e. The summed E-state index contributed by atoms with van der Waals surface area (Å²) in [6.45, 7) is 5.52. The van der Waals surface area contributed by atoms with Gasteiger partial charge < -0.3 is 15.2 Å². The minimum absolute atomic E-state index is 0.273. The number of nitrogens with zero attached hydrogens (tertiary/aromatic N) is 1. The second-order valence-electron chi connectivity index (χ2n) is 5.31. The van der Waals surface area contributed by atoms with Crippen molar-refractivity contribution in [2.75, 3.05) is 33.4 Å². The van der Waals surface area contributed by atoms with Crippen LogP contribution in [0.15, 0.2) is 24.3 Å². The Morgan fingerprint density at radius 3 is 2.65 bits per heavy atom. The number of benzene rings is 1. The molecule has 0 bridgehead atoms. The molecule has 2 atom stereocenters. The van der Waals surface area contributed by atoms with E-state index in [9.17, 15) is 0 Å². The second kappa shape index (κ2) is 7.62. The van der Waals surface area contributed by atoms with Crippen molar-refractivity contribution in [1.29, 1.82) is 0 Å². The van der Waals surface area contributed by atoms with Crippen molar-refractivity contribution in [2.24, 2.45) is 5.73 Å². The number of likely N-dealkylation sites (tertiary alicyclic amines) is 1. The minimum Gasteiger partial charge on any atom is -0.494 e. The van der Waals surface area contributed by atoms with Crippen molar-refractivity contribution in [3.63, 3.8) is 0 Å². The summed E-state index contributed by atoms with van der Waals surface area (Å²) in [6, 6.07) is 8.61. The van der Waals surface area contributed by atoms with Crippen LogP contribution in [-0.2, 0) is 4.74 Å². The summed E-state index contributed by atoms with van der Waals surface area (Å²) in [7, 11) is 1.78. The number of hydrogen-bond acceptors (Lipinski definition) is 4. The van der Waals surface area contributed by atoms with Gasteiger partial charge in [-0.3, -0.25) is 4.90 Å². The van der Waals surface area contributed by atoms with Crippen LogP contribution in [0.1, 0.15) is 31.4 Å². The van der Waals surface area contributed by atoms with Gasteiger partial charge in [-0.15, -0.1) is 0 Å². The second-order valence-corrected chi connectivity index (χ2v) is 5.31. The van der Waals surface area contributed by atoms with Crippen molar-refractivity contribution >= 4 is 0 Å². The van der Waals surface area contributed by atoms with Crippen molar-refractivity contribution < 1.29 is 9.47 Å². The molecule has 1 saturated heterocycles. The Balaban J connectivity index is 2.00. The zero-order chi connectivity index (χ0) is 14.4. The van der Waals surface area contributed by atoms with Crippen molar-refractivity contribution in [1.82, 2.24) is 4.90 Å². The zero-order valence-corrected chi connectivity index (χ0v) is 12.5. The van der Waals surface area contributed by atoms with Gasteiger partial charge in [-0.1, -0.05) is 19.1 Å². The van der Waals surface area contributed by atoms with Gasteiger partial charge >= 0.3 is 0 Å². The van der Waals surface area contributed by atoms with Crippen LogP contribution in [0.2, 0.25) is 0 Å². The van der Waals surface area contributed by atoms with Crippen LogP contribution in [-0.4, -0.2) is 44.4 Å². The van der Waals surface area contributed by atoms with Crippen molar-refractivity contribution in [2.45, 2.75) is 31.9 Å². The highest BCUT2D eigenvalue weighted by atomic mass is 16.5. The molecule has 2 rings (SSSR count). The molecule has 1 fully saturated rings. The maximum absolute atomic E-state index is 5.98. The van der Waals surface area contributed by atoms with Gasteiger partial charge in [0.25, 0.3) is 0 Å². The Kier molecular flexibility index (Phi) is 5.83. The molecule has 0 radical (unpaired) electrons. The van der Waals surface area contributed by atoms with Gasteiger partial charge in [0.1, 0.15) is 5.75 Å². The molecule has 4 nitrogen and oxygen atoms in total. The fourth-order valence-electron chi connectivity index (χ4n) is 2.73. The molecule has 1 aromatic rings. The Bertz CT molecular complexity index is 394. The normalized spacial score (nSPS) is 21.1. The molecule has 0 saturated carbocycles. The number of methoxy groups -OCH3 is 1. The van der Waals surface area contributed by atoms with E-state index in [1.807, 2.05) is 12.1 Å². The number of ether oxygens (including phenoxy) is 2. The fourth-order valence-corrected chi connectivity index (χ4v) is 2.73. The molecule has 0 aliphatic carbocycles. The van der Waals surface area contributed by atoms with Gasteiger partial charge in [0.15, 0.2) is 0 Å². The first-order valence-corrected chi connectivity index (χ1v) is 7.48. The van der Waals surface area contributed by atoms with E-state index in [0.29, 0.717) is 12.6 Å². The van der Waals surface area contributed by atoms with Gasteiger partial charge in [-0.05, 0) is 30.5 Å². The molecular weight excluding hydrogens is 252 g/mol. The fraction of sp³-hybridized carbons (Fsp3) is 0.625. The summed E-state index contributed by atoms with van der Waals surface area (Å²) >= 11 is 0. The Morgan fingerprint density at radius 1 is 1.35 bits per heavy atom. The highest BCUT2D eigenvalue weighted by Crippen LogP contribution is 2.26. The number of hydrogen-bond donors (Lipinski definition) is 1. The third-order valence-electron chi connectivity index (χ3n) is 3.91. The summed E-state index contributed by atoms with van der Waals surface area (Å²) in [5.74, 6) is 0.933. The van der Waals surface area contributed by atoms with Crippen LogP contribution in [0.25, 0.3) is 0 Å². The summed E-state index contributed by atoms with van der Waals surface area (Å²) < 4.78 is 11.1. The molecule has 1 aliphatic rings. The summed E-state index contributed by atoms with van der Waals surface area (Å²) in [5.41, 5.74) is 7.23. The van der Waals surface area contributed by atoms with E-state index in [2.05, 4.69) is 24.0 Å². The molecule has 1 aliphatic heterocycles. The van der Waals surface area contributed by atoms with Gasteiger partial charge in [-0.2, -0.15) is 0 Å². The quantitative estimate of drug-likeness (QED) is 0.830. The van der Waals surface area contributed by atoms with E-state index in [4.69, 9.17) is 15.2 Å². The Morgan fingerprint density at radius 2 is 2.10 bits per heavy atom. The van der Waals surface area contributed by atoms with Gasteiger partial charge in [-0.25, -0.2) is 0 Å². The van der Waals surface area contributed by atoms with Crippen LogP contribution < -0.4 is 10.5 Å². The van der Waals surface area contributed by atoms with E-state index in [1.165, 1.54) is 5.56 Å². The van der Waals surface area contributed by atoms with Crippen molar-refractivity contribution in [3.05, 3.63) is 29.8 Å². The number of nitrogens with two attached hydrogens (primary N) is 1. The average Bonchev–Trinajstić information content (AvgIpc) is 2.96. The minimum atomic E-state index is 0.273. The molecule has 0 spiro atoms. The van der Waals surface area contributed by atoms with E-state index in [1.54, 1.807) is 7.11 Å². The molecule has 1 heterocycles. The molecular formula is C16H26N2O2. The van der Waals surface area contributed by atoms with E-state index >= 15 is 0 Å². The predicted molar refractivity (Wildman–Crippen MR) is 81.0 cm³/mol. The topological polar surface area (TPSA) is 47.7 Å². The maximum Gasteiger partial charge on any atom is 0.119 e. The molecule has 4 heteroatoms. The lowest BCUT2D eigenvalue weighted by molar-refractivity contribution is 0.101. The van der Waals surface area contributed by atoms with Gasteiger partial charge in [0.05, 0.1) is 12.7 Å². The van der Waals surface area contributed by atoms with E-state index in [0.717, 1.165) is 38.3 Å². The summed E-state index contributed by atoms with van der Waals surface area (Å²) in [4.78, 5) is 2.41. The van der Waals surface area contributed by atoms with Crippen LogP contribution in [0.5, 0.6) is 5.75 Å². The van der Waals surface area contributed by atoms with Gasteiger partial charge in [0.2, 0.25) is 0 Å². The number of rotatable bonds is 7. The zero-order valence-electron chi connectivity index (χ0n) is 12.5. The first-order valence-electron chi connectivity index (χ1n) is 7.48. The SMILES string of the molecule is CCCOc1ccc(C(CN)N2CCC(OC)C2)cc1. The third kappa shape index (κ3) is 3.72. The van der Waals surface area contributed by atoms with Crippen LogP contribution in [0.4, 0.5) is 0 Å². The summed E-state index contributed by atoms with van der Waals surface area (Å²) in [5, 5.41) is 0. The maximum atomic E-state index is 5.98. The molecule has 20 heavy (non-hydrogen) atoms. The van der Waals surface area contributed by atoms with Crippen molar-refractivity contribution in [3.8, 4) is 5.75 Å². The molecule has 2 unspecified atom stereocenters. The molecule has 0 aromatic heterocycles. The third-order valence-corrected chi connectivity index (χ3v) is 3.91. The monoisotopic (exact) mass is 278 g/mol. The van der Waals surface area contributed by atoms with E-state index < -0.39 is 0 Å². The lowest BCUT2D eigenvalue weighted by Crippen LogP contribution is -2.32. The average molecular weight is 278 g/mol. The molecule has 0 amide bonds. The lowest BCUT2D eigenvalue weighted by atomic mass is 10.1. The summed E-state index contributed by atoms with van der Waals surface area (Å²) in [6.07, 6.45) is 2.46. The van der Waals surface area contributed by atoms with Crippen LogP contribution in [0.3, 0.4) is 0 Å². The Hall–Kier alpha value is -1.10. The first kappa shape index (κ1) is 15.3. The largest absolute Gasteiger partial charge is 0.494 e. The molecule has 112 valence electrons. The van der Waals surface area contributed by atoms with Crippen LogP contribution >= 0.6 is 0 Å². The lowest BCUT2D eigenvalue weighted by Gasteiger charge is -2.27. The molecule has 1 aromatic carbocycles. The van der Waals surface area contributed by atoms with Crippen LogP contribution in [0, 0.1) is 0 Å². The molecule has 2 N–H and O–H groups in total. The van der Waals surface area contributed by atoms with E-state index in [-0.39, 0.29) is 6.04 Å². The van der Waals surface area contributed by atoms with Gasteiger partial charge in [0, 0.05) is 32.8 Å². The highest BCUT2D eigenvalue weighted by molar-refractivity contribution is 5.29. The standard InChI is InChI=1S/C16H26N2O2/c1-3-10-20-14-6-4-13(5-7-14)16(11-17)18-9-8-15(12-18)19-2/h4-7,15-16H,3,8-12,17H2,1-2H3. The highest BCUT2D eigenvalue weighted by Gasteiger charge is 2.28. The predicted octanol–water partition coefficient (Wildman–Crippen LogP) is 2.20.